The van der Waals surface area contributed by atoms with Gasteiger partial charge in [0.05, 0.1) is 0 Å². The lowest BCUT2D eigenvalue weighted by Crippen LogP contribution is -2.42. The lowest BCUT2D eigenvalue weighted by molar-refractivity contribution is 0.201. The van der Waals surface area contributed by atoms with Crippen LogP contribution in [0.15, 0.2) is 30.3 Å². The first-order valence-electron chi connectivity index (χ1n) is 6.36. The molecule has 1 saturated heterocycles. The smallest absolute Gasteiger partial charge is 0.0234 e. The summed E-state index contributed by atoms with van der Waals surface area (Å²) in [5.41, 5.74) is 7.33. The quantitative estimate of drug-likeness (QED) is 0.830. The molecule has 1 fully saturated rings. The van der Waals surface area contributed by atoms with Gasteiger partial charge in [-0.05, 0) is 24.9 Å². The van der Waals surface area contributed by atoms with E-state index >= 15 is 0 Å². The van der Waals surface area contributed by atoms with Gasteiger partial charge in [0.25, 0.3) is 0 Å². The van der Waals surface area contributed by atoms with E-state index < -0.39 is 0 Å². The zero-order valence-corrected chi connectivity index (χ0v) is 10.5. The largest absolute Gasteiger partial charge is 0.327 e. The van der Waals surface area contributed by atoms with Gasteiger partial charge in [-0.2, -0.15) is 0 Å². The van der Waals surface area contributed by atoms with Crippen molar-refractivity contribution in [2.24, 2.45) is 5.73 Å². The zero-order valence-electron chi connectivity index (χ0n) is 10.5. The second-order valence-electron chi connectivity index (χ2n) is 4.12. The van der Waals surface area contributed by atoms with Gasteiger partial charge in [-0.15, -0.1) is 0 Å². The third kappa shape index (κ3) is 4.33. The van der Waals surface area contributed by atoms with E-state index in [4.69, 9.17) is 5.73 Å². The Morgan fingerprint density at radius 2 is 1.94 bits per heavy atom. The number of rotatable bonds is 2. The Hall–Kier alpha value is -0.860. The molecule has 1 unspecified atom stereocenters. The summed E-state index contributed by atoms with van der Waals surface area (Å²) in [7, 11) is 0. The average Bonchev–Trinajstić information content (AvgIpc) is 2.33. The van der Waals surface area contributed by atoms with E-state index in [0.29, 0.717) is 6.04 Å². The van der Waals surface area contributed by atoms with Crippen molar-refractivity contribution in [3.63, 3.8) is 0 Å². The highest BCUT2D eigenvalue weighted by Crippen LogP contribution is 2.11. The average molecular weight is 220 g/mol. The summed E-state index contributed by atoms with van der Waals surface area (Å²) in [6.07, 6.45) is 2.43. The van der Waals surface area contributed by atoms with Crippen LogP contribution in [-0.4, -0.2) is 24.0 Å². The molecule has 2 nitrogen and oxygen atoms in total. The van der Waals surface area contributed by atoms with Gasteiger partial charge in [0.15, 0.2) is 0 Å². The third-order valence-corrected chi connectivity index (χ3v) is 2.79. The Labute approximate surface area is 99.5 Å². The minimum absolute atomic E-state index is 0.382. The summed E-state index contributed by atoms with van der Waals surface area (Å²) in [4.78, 5) is 2.45. The number of nitrogens with two attached hydrogens (primary N) is 1. The molecule has 0 bridgehead atoms. The van der Waals surface area contributed by atoms with Crippen molar-refractivity contribution < 1.29 is 0 Å². The van der Waals surface area contributed by atoms with Gasteiger partial charge in [0.2, 0.25) is 0 Å². The second kappa shape index (κ2) is 7.42. The normalized spacial score (nSPS) is 21.1. The lowest BCUT2D eigenvalue weighted by Gasteiger charge is -2.30. The van der Waals surface area contributed by atoms with Gasteiger partial charge < -0.3 is 5.73 Å². The van der Waals surface area contributed by atoms with Gasteiger partial charge >= 0.3 is 0 Å². The number of hydrogen-bond acceptors (Lipinski definition) is 2. The molecule has 2 N–H and O–H groups in total. The molecule has 1 aliphatic heterocycles. The van der Waals surface area contributed by atoms with E-state index in [9.17, 15) is 0 Å². The summed E-state index contributed by atoms with van der Waals surface area (Å²) < 4.78 is 0. The Morgan fingerprint density at radius 1 is 1.25 bits per heavy atom. The maximum absolute atomic E-state index is 5.94. The summed E-state index contributed by atoms with van der Waals surface area (Å²) in [5.74, 6) is 0. The third-order valence-electron chi connectivity index (χ3n) is 2.79. The number of benzene rings is 1. The molecule has 1 atom stereocenters. The van der Waals surface area contributed by atoms with Crippen LogP contribution >= 0.6 is 0 Å². The maximum atomic E-state index is 5.94. The van der Waals surface area contributed by atoms with Gasteiger partial charge in [-0.3, -0.25) is 4.90 Å². The highest BCUT2D eigenvalue weighted by Gasteiger charge is 2.15. The standard InChI is InChI=1S/C12H18N2.C2H6/c13-12-7-4-8-14(10-12)9-11-5-2-1-3-6-11;1-2/h1-3,5-6,12H,4,7-10,13H2;1-2H3. The van der Waals surface area contributed by atoms with Crippen LogP contribution in [0, 0.1) is 0 Å². The number of hydrogen-bond donors (Lipinski definition) is 1. The molecular formula is C14H24N2. The molecule has 1 aliphatic rings. The minimum atomic E-state index is 0.382. The van der Waals surface area contributed by atoms with Gasteiger partial charge in [-0.25, -0.2) is 0 Å². The molecule has 0 aliphatic carbocycles. The predicted octanol–water partition coefficient (Wildman–Crippen LogP) is 2.64. The fourth-order valence-corrected chi connectivity index (χ4v) is 2.08. The minimum Gasteiger partial charge on any atom is -0.327 e. The highest BCUT2D eigenvalue weighted by molar-refractivity contribution is 5.14. The van der Waals surface area contributed by atoms with E-state index in [1.165, 1.54) is 24.9 Å². The van der Waals surface area contributed by atoms with E-state index in [1.807, 2.05) is 13.8 Å². The van der Waals surface area contributed by atoms with Crippen LogP contribution in [0.5, 0.6) is 0 Å². The number of piperidine rings is 1. The first-order chi connectivity index (χ1) is 7.84. The molecule has 1 aromatic rings. The van der Waals surface area contributed by atoms with Crippen LogP contribution in [0.4, 0.5) is 0 Å². The molecule has 2 heteroatoms. The molecule has 1 heterocycles. The Bertz CT molecular complexity index is 271. The molecule has 0 radical (unpaired) electrons. The lowest BCUT2D eigenvalue weighted by atomic mass is 10.1. The Balaban J connectivity index is 0.000000606. The van der Waals surface area contributed by atoms with E-state index in [-0.39, 0.29) is 0 Å². The molecule has 1 aromatic carbocycles. The topological polar surface area (TPSA) is 29.3 Å². The van der Waals surface area contributed by atoms with Crippen LogP contribution in [0.3, 0.4) is 0 Å². The Morgan fingerprint density at radius 3 is 2.56 bits per heavy atom. The monoisotopic (exact) mass is 220 g/mol. The molecule has 0 amide bonds. The summed E-state index contributed by atoms with van der Waals surface area (Å²) in [6, 6.07) is 11.0. The van der Waals surface area contributed by atoms with Crippen molar-refractivity contribution in [3.8, 4) is 0 Å². The molecule has 0 saturated carbocycles. The molecule has 90 valence electrons. The second-order valence-corrected chi connectivity index (χ2v) is 4.12. The predicted molar refractivity (Wildman–Crippen MR) is 70.3 cm³/mol. The fraction of sp³-hybridized carbons (Fsp3) is 0.571. The van der Waals surface area contributed by atoms with E-state index in [2.05, 4.69) is 35.2 Å². The molecule has 2 rings (SSSR count). The van der Waals surface area contributed by atoms with Crippen molar-refractivity contribution in [3.05, 3.63) is 35.9 Å². The summed E-state index contributed by atoms with van der Waals surface area (Å²) in [5, 5.41) is 0. The Kier molecular flexibility index (Phi) is 6.12. The van der Waals surface area contributed by atoms with Crippen molar-refractivity contribution in [2.75, 3.05) is 13.1 Å². The first kappa shape index (κ1) is 13.2. The van der Waals surface area contributed by atoms with Crippen LogP contribution < -0.4 is 5.73 Å². The fourth-order valence-electron chi connectivity index (χ4n) is 2.08. The van der Waals surface area contributed by atoms with Gasteiger partial charge in [0, 0.05) is 19.1 Å². The molecule has 16 heavy (non-hydrogen) atoms. The van der Waals surface area contributed by atoms with Gasteiger partial charge in [-0.1, -0.05) is 44.2 Å². The van der Waals surface area contributed by atoms with Crippen LogP contribution in [0.1, 0.15) is 32.3 Å². The van der Waals surface area contributed by atoms with Crippen LogP contribution in [-0.2, 0) is 6.54 Å². The van der Waals surface area contributed by atoms with Crippen molar-refractivity contribution in [1.29, 1.82) is 0 Å². The van der Waals surface area contributed by atoms with Crippen molar-refractivity contribution in [1.82, 2.24) is 4.90 Å². The SMILES string of the molecule is CC.NC1CCCN(Cc2ccccc2)C1. The number of likely N-dealkylation sites (tertiary alicyclic amines) is 1. The van der Waals surface area contributed by atoms with Crippen molar-refractivity contribution in [2.45, 2.75) is 39.3 Å². The van der Waals surface area contributed by atoms with E-state index in [0.717, 1.165) is 13.1 Å². The molecule has 0 spiro atoms. The molecular weight excluding hydrogens is 196 g/mol. The molecule has 0 aromatic heterocycles. The van der Waals surface area contributed by atoms with E-state index in [1.54, 1.807) is 0 Å². The van der Waals surface area contributed by atoms with Gasteiger partial charge in [0.1, 0.15) is 0 Å². The summed E-state index contributed by atoms with van der Waals surface area (Å²) >= 11 is 0. The number of nitrogens with zero attached hydrogens (tertiary/aromatic N) is 1. The maximum Gasteiger partial charge on any atom is 0.0234 e. The van der Waals surface area contributed by atoms with Crippen molar-refractivity contribution >= 4 is 0 Å². The van der Waals surface area contributed by atoms with Crippen LogP contribution in [0.25, 0.3) is 0 Å². The highest BCUT2D eigenvalue weighted by atomic mass is 15.1. The first-order valence-corrected chi connectivity index (χ1v) is 6.36. The summed E-state index contributed by atoms with van der Waals surface area (Å²) in [6.45, 7) is 7.30. The zero-order chi connectivity index (χ0) is 11.8. The van der Waals surface area contributed by atoms with Crippen LogP contribution in [0.2, 0.25) is 0 Å².